The lowest BCUT2D eigenvalue weighted by atomic mass is 10.1. The Labute approximate surface area is 174 Å². The van der Waals surface area contributed by atoms with Crippen molar-refractivity contribution < 1.29 is 13.2 Å². The third kappa shape index (κ3) is 4.56. The van der Waals surface area contributed by atoms with Crippen molar-refractivity contribution in [3.63, 3.8) is 0 Å². The van der Waals surface area contributed by atoms with Crippen LogP contribution in [0, 0.1) is 5.82 Å². The van der Waals surface area contributed by atoms with Crippen LogP contribution in [0.4, 0.5) is 14.5 Å². The first-order valence-corrected chi connectivity index (χ1v) is 10.5. The van der Waals surface area contributed by atoms with Crippen molar-refractivity contribution in [1.82, 2.24) is 9.47 Å². The zero-order valence-corrected chi connectivity index (χ0v) is 17.2. The Morgan fingerprint density at radius 1 is 1.00 bits per heavy atom. The van der Waals surface area contributed by atoms with Crippen LogP contribution in [0.1, 0.15) is 31.5 Å². The molecule has 1 aromatic heterocycles. The fourth-order valence-corrected chi connectivity index (χ4v) is 4.03. The molecular weight excluding hydrogens is 388 g/mol. The molecule has 0 spiro atoms. The Hall–Kier alpha value is -2.67. The summed E-state index contributed by atoms with van der Waals surface area (Å²) < 4.78 is 33.5. The van der Waals surface area contributed by atoms with E-state index in [1.54, 1.807) is 22.8 Å². The van der Waals surface area contributed by atoms with Gasteiger partial charge in [-0.05, 0) is 68.3 Å². The quantitative estimate of drug-likeness (QED) is 0.538. The molecule has 0 aliphatic carbocycles. The Morgan fingerprint density at radius 3 is 2.40 bits per heavy atom. The van der Waals surface area contributed by atoms with E-state index in [9.17, 15) is 13.6 Å². The van der Waals surface area contributed by atoms with Gasteiger partial charge in [0.2, 0.25) is 0 Å². The van der Waals surface area contributed by atoms with Crippen molar-refractivity contribution in [3.8, 4) is 0 Å². The van der Waals surface area contributed by atoms with E-state index in [4.69, 9.17) is 4.42 Å². The molecule has 1 unspecified atom stereocenters. The predicted molar refractivity (Wildman–Crippen MR) is 114 cm³/mol. The number of rotatable bonds is 7. The second kappa shape index (κ2) is 9.00. The zero-order chi connectivity index (χ0) is 21.1. The fourth-order valence-electron chi connectivity index (χ4n) is 4.03. The summed E-state index contributed by atoms with van der Waals surface area (Å²) in [5, 5.41) is 0. The average Bonchev–Trinajstić information content (AvgIpc) is 3.06. The number of nitrogens with zero attached hydrogens (tertiary/aromatic N) is 3. The third-order valence-corrected chi connectivity index (χ3v) is 5.82. The summed E-state index contributed by atoms with van der Waals surface area (Å²) in [6, 6.07) is 11.7. The summed E-state index contributed by atoms with van der Waals surface area (Å²) in [7, 11) is 0. The molecule has 1 aliphatic heterocycles. The van der Waals surface area contributed by atoms with Gasteiger partial charge in [0, 0.05) is 38.4 Å². The Kier molecular flexibility index (Phi) is 6.18. The van der Waals surface area contributed by atoms with E-state index >= 15 is 0 Å². The number of alkyl halides is 1. The molecule has 0 saturated carbocycles. The maximum Gasteiger partial charge on any atom is 0.419 e. The minimum atomic E-state index is -1.09. The molecule has 1 saturated heterocycles. The number of aryl methyl sites for hydroxylation is 1. The summed E-state index contributed by atoms with van der Waals surface area (Å²) in [5.41, 5.74) is 2.74. The smallest absolute Gasteiger partial charge is 0.408 e. The van der Waals surface area contributed by atoms with Crippen LogP contribution in [0.3, 0.4) is 0 Å². The summed E-state index contributed by atoms with van der Waals surface area (Å²) in [6.07, 6.45) is 0.759. The van der Waals surface area contributed by atoms with E-state index in [-0.39, 0.29) is 11.6 Å². The number of piperazine rings is 1. The Balaban J connectivity index is 1.25. The highest BCUT2D eigenvalue weighted by molar-refractivity contribution is 5.73. The lowest BCUT2D eigenvalue weighted by Crippen LogP contribution is -2.46. The van der Waals surface area contributed by atoms with E-state index in [2.05, 4.69) is 9.80 Å². The van der Waals surface area contributed by atoms with Crippen molar-refractivity contribution in [2.24, 2.45) is 0 Å². The van der Waals surface area contributed by atoms with Gasteiger partial charge in [-0.1, -0.05) is 6.07 Å². The van der Waals surface area contributed by atoms with Gasteiger partial charge in [0.25, 0.3) is 0 Å². The van der Waals surface area contributed by atoms with Gasteiger partial charge in [-0.2, -0.15) is 0 Å². The molecule has 0 amide bonds. The van der Waals surface area contributed by atoms with E-state index in [1.165, 1.54) is 19.1 Å². The first-order valence-electron chi connectivity index (χ1n) is 10.5. The van der Waals surface area contributed by atoms with Crippen LogP contribution in [-0.4, -0.2) is 42.2 Å². The largest absolute Gasteiger partial charge is 0.419 e. The number of anilines is 1. The van der Waals surface area contributed by atoms with E-state index in [0.717, 1.165) is 56.8 Å². The highest BCUT2D eigenvalue weighted by atomic mass is 19.1. The van der Waals surface area contributed by atoms with Crippen molar-refractivity contribution in [2.45, 2.75) is 32.5 Å². The van der Waals surface area contributed by atoms with Crippen molar-refractivity contribution in [1.29, 1.82) is 0 Å². The molecule has 2 aromatic carbocycles. The van der Waals surface area contributed by atoms with Gasteiger partial charge in [0.1, 0.15) is 12.0 Å². The van der Waals surface area contributed by atoms with E-state index < -0.39 is 6.17 Å². The van der Waals surface area contributed by atoms with E-state index in [0.29, 0.717) is 17.7 Å². The highest BCUT2D eigenvalue weighted by Crippen LogP contribution is 2.22. The second-order valence-electron chi connectivity index (χ2n) is 7.87. The zero-order valence-electron chi connectivity index (χ0n) is 17.2. The molecule has 160 valence electrons. The van der Waals surface area contributed by atoms with Gasteiger partial charge >= 0.3 is 5.76 Å². The van der Waals surface area contributed by atoms with Crippen LogP contribution in [0.15, 0.2) is 51.7 Å². The van der Waals surface area contributed by atoms with Crippen LogP contribution < -0.4 is 10.7 Å². The van der Waals surface area contributed by atoms with Crippen LogP contribution in [-0.2, 0) is 6.54 Å². The summed E-state index contributed by atoms with van der Waals surface area (Å²) >= 11 is 0. The summed E-state index contributed by atoms with van der Waals surface area (Å²) in [6.45, 7) is 6.82. The minimum absolute atomic E-state index is 0.209. The van der Waals surface area contributed by atoms with Gasteiger partial charge in [-0.15, -0.1) is 0 Å². The maximum atomic E-state index is 13.5. The van der Waals surface area contributed by atoms with Crippen molar-refractivity contribution in [3.05, 3.63) is 64.4 Å². The van der Waals surface area contributed by atoms with Crippen LogP contribution in [0.2, 0.25) is 0 Å². The van der Waals surface area contributed by atoms with Gasteiger partial charge < -0.3 is 9.32 Å². The second-order valence-corrected chi connectivity index (χ2v) is 7.87. The Morgan fingerprint density at radius 2 is 1.70 bits per heavy atom. The standard InChI is InChI=1S/C23H27F2N3O2/c1-17(24)18-4-9-21-22(16-18)30-23(29)28(21)11-3-2-10-26-12-14-27(15-13-26)20-7-5-19(25)6-8-20/h4-9,16-17H,2-3,10-15H2,1H3. The third-order valence-electron chi connectivity index (χ3n) is 5.82. The van der Waals surface area contributed by atoms with Crippen LogP contribution >= 0.6 is 0 Å². The number of halogens is 2. The molecule has 1 fully saturated rings. The minimum Gasteiger partial charge on any atom is -0.408 e. The van der Waals surface area contributed by atoms with Gasteiger partial charge in [-0.3, -0.25) is 9.47 Å². The lowest BCUT2D eigenvalue weighted by Gasteiger charge is -2.36. The molecule has 1 aliphatic rings. The number of aromatic nitrogens is 1. The van der Waals surface area contributed by atoms with Gasteiger partial charge in [0.15, 0.2) is 5.58 Å². The number of oxazole rings is 1. The van der Waals surface area contributed by atoms with Crippen molar-refractivity contribution >= 4 is 16.8 Å². The molecule has 1 atom stereocenters. The first kappa shape index (κ1) is 20.6. The van der Waals surface area contributed by atoms with Gasteiger partial charge in [-0.25, -0.2) is 13.6 Å². The first-order chi connectivity index (χ1) is 14.5. The van der Waals surface area contributed by atoms with Crippen LogP contribution in [0.25, 0.3) is 11.1 Å². The molecule has 0 N–H and O–H groups in total. The fraction of sp³-hybridized carbons (Fsp3) is 0.435. The SMILES string of the molecule is CC(F)c1ccc2c(c1)oc(=O)n2CCCCN1CCN(c2ccc(F)cc2)CC1. The number of benzene rings is 2. The number of fused-ring (bicyclic) bond motifs is 1. The molecule has 5 nitrogen and oxygen atoms in total. The molecule has 0 radical (unpaired) electrons. The monoisotopic (exact) mass is 415 g/mol. The molecule has 3 aromatic rings. The molecule has 2 heterocycles. The molecule has 7 heteroatoms. The van der Waals surface area contributed by atoms with E-state index in [1.807, 2.05) is 12.1 Å². The normalized spacial score (nSPS) is 16.3. The summed E-state index contributed by atoms with van der Waals surface area (Å²) in [5.74, 6) is -0.596. The Bertz CT molecular complexity index is 1030. The van der Waals surface area contributed by atoms with Gasteiger partial charge in [0.05, 0.1) is 5.52 Å². The number of unbranched alkanes of at least 4 members (excludes halogenated alkanes) is 1. The maximum absolute atomic E-state index is 13.5. The molecule has 30 heavy (non-hydrogen) atoms. The average molecular weight is 415 g/mol. The molecule has 0 bridgehead atoms. The van der Waals surface area contributed by atoms with Crippen LogP contribution in [0.5, 0.6) is 0 Å². The highest BCUT2D eigenvalue weighted by Gasteiger charge is 2.17. The molecule has 4 rings (SSSR count). The predicted octanol–water partition coefficient (Wildman–Crippen LogP) is 4.37. The summed E-state index contributed by atoms with van der Waals surface area (Å²) in [4.78, 5) is 16.9. The number of hydrogen-bond acceptors (Lipinski definition) is 4. The molecular formula is C23H27F2N3O2. The number of hydrogen-bond donors (Lipinski definition) is 0. The lowest BCUT2D eigenvalue weighted by molar-refractivity contribution is 0.251. The van der Waals surface area contributed by atoms with Crippen molar-refractivity contribution in [2.75, 3.05) is 37.6 Å². The topological polar surface area (TPSA) is 41.6 Å².